The topological polar surface area (TPSA) is 43.7 Å². The van der Waals surface area contributed by atoms with Crippen LogP contribution in [0.2, 0.25) is 0 Å². The van der Waals surface area contributed by atoms with Crippen LogP contribution in [0.1, 0.15) is 0 Å². The lowest BCUT2D eigenvalue weighted by molar-refractivity contribution is 0.412. The van der Waals surface area contributed by atoms with Gasteiger partial charge in [0, 0.05) is 6.07 Å². The molecule has 2 aromatic rings. The van der Waals surface area contributed by atoms with E-state index in [1.54, 1.807) is 25.4 Å². The summed E-state index contributed by atoms with van der Waals surface area (Å²) >= 11 is 4.51. The third kappa shape index (κ3) is 3.13. The molecule has 0 aliphatic carbocycles. The van der Waals surface area contributed by atoms with Crippen molar-refractivity contribution in [3.05, 3.63) is 42.6 Å². The summed E-state index contributed by atoms with van der Waals surface area (Å²) in [7, 11) is 1.62. The maximum atomic E-state index is 5.56. The van der Waals surface area contributed by atoms with E-state index in [0.29, 0.717) is 17.3 Å². The first-order valence-electron chi connectivity index (χ1n) is 5.17. The first-order chi connectivity index (χ1) is 8.81. The van der Waals surface area contributed by atoms with E-state index >= 15 is 0 Å². The Labute approximate surface area is 110 Å². The molecule has 1 aromatic heterocycles. The van der Waals surface area contributed by atoms with E-state index < -0.39 is 0 Å². The second-order valence-electron chi connectivity index (χ2n) is 3.34. The number of aromatic nitrogens is 1. The number of nitrogens with zero attached hydrogens (tertiary/aromatic N) is 2. The Morgan fingerprint density at radius 3 is 2.39 bits per heavy atom. The van der Waals surface area contributed by atoms with Crippen molar-refractivity contribution in [3.63, 3.8) is 0 Å². The van der Waals surface area contributed by atoms with Crippen molar-refractivity contribution in [2.45, 2.75) is 0 Å². The molecule has 1 aromatic carbocycles. The molecule has 0 spiro atoms. The summed E-state index contributed by atoms with van der Waals surface area (Å²) in [6, 6.07) is 10.7. The van der Waals surface area contributed by atoms with Gasteiger partial charge >= 0.3 is 0 Å². The van der Waals surface area contributed by atoms with Crippen molar-refractivity contribution in [1.82, 2.24) is 4.98 Å². The van der Waals surface area contributed by atoms with Gasteiger partial charge in [0.05, 0.1) is 24.2 Å². The molecule has 0 radical (unpaired) electrons. The molecule has 0 aliphatic heterocycles. The van der Waals surface area contributed by atoms with Crippen LogP contribution in [0.5, 0.6) is 17.4 Å². The molecule has 0 bridgehead atoms. The number of hydrogen-bond donors (Lipinski definition) is 0. The predicted octanol–water partition coefficient (Wildman–Crippen LogP) is 3.62. The van der Waals surface area contributed by atoms with Gasteiger partial charge in [-0.1, -0.05) is 0 Å². The smallest absolute Gasteiger partial charge is 0.219 e. The minimum absolute atomic E-state index is 0.489. The molecule has 0 atom stereocenters. The highest BCUT2D eigenvalue weighted by molar-refractivity contribution is 7.78. The second-order valence-corrected chi connectivity index (χ2v) is 3.52. The quantitative estimate of drug-likeness (QED) is 0.620. The SMILES string of the molecule is COc1ccc(Oc2ccc(N=C=S)cn2)cc1. The molecule has 0 unspecified atom stereocenters. The minimum atomic E-state index is 0.489. The molecule has 0 saturated heterocycles. The van der Waals surface area contributed by atoms with Gasteiger partial charge in [-0.3, -0.25) is 0 Å². The normalized spacial score (nSPS) is 9.39. The predicted molar refractivity (Wildman–Crippen MR) is 72.0 cm³/mol. The lowest BCUT2D eigenvalue weighted by Gasteiger charge is -2.05. The van der Waals surface area contributed by atoms with Crippen LogP contribution in [0.3, 0.4) is 0 Å². The number of isothiocyanates is 1. The summed E-state index contributed by atoms with van der Waals surface area (Å²) in [6.07, 6.45) is 1.57. The van der Waals surface area contributed by atoms with Crippen LogP contribution in [0.4, 0.5) is 5.69 Å². The van der Waals surface area contributed by atoms with Gasteiger partial charge in [-0.25, -0.2) is 4.98 Å². The summed E-state index contributed by atoms with van der Waals surface area (Å²) in [4.78, 5) is 7.91. The molecular formula is C13H10N2O2S. The third-order valence-electron chi connectivity index (χ3n) is 2.18. The first-order valence-corrected chi connectivity index (χ1v) is 5.58. The Bertz CT molecular complexity index is 561. The zero-order valence-electron chi connectivity index (χ0n) is 9.66. The highest BCUT2D eigenvalue weighted by Gasteiger charge is 1.99. The summed E-state index contributed by atoms with van der Waals surface area (Å²) in [5.41, 5.74) is 0.645. The molecule has 0 aliphatic rings. The van der Waals surface area contributed by atoms with Gasteiger partial charge in [-0.2, -0.15) is 4.99 Å². The molecule has 5 heteroatoms. The molecule has 2 rings (SSSR count). The van der Waals surface area contributed by atoms with E-state index in [4.69, 9.17) is 9.47 Å². The first kappa shape index (κ1) is 12.2. The average molecular weight is 258 g/mol. The molecule has 0 N–H and O–H groups in total. The maximum absolute atomic E-state index is 5.56. The largest absolute Gasteiger partial charge is 0.497 e. The van der Waals surface area contributed by atoms with E-state index in [1.807, 2.05) is 24.3 Å². The van der Waals surface area contributed by atoms with E-state index in [-0.39, 0.29) is 0 Å². The number of aliphatic imine (C=N–C) groups is 1. The van der Waals surface area contributed by atoms with Crippen molar-refractivity contribution >= 4 is 23.1 Å². The fourth-order valence-corrected chi connectivity index (χ4v) is 1.42. The molecule has 4 nitrogen and oxygen atoms in total. The number of hydrogen-bond acceptors (Lipinski definition) is 5. The van der Waals surface area contributed by atoms with Crippen molar-refractivity contribution in [1.29, 1.82) is 0 Å². The number of rotatable bonds is 4. The number of pyridine rings is 1. The summed E-state index contributed by atoms with van der Waals surface area (Å²) in [6.45, 7) is 0. The Morgan fingerprint density at radius 2 is 1.83 bits per heavy atom. The van der Waals surface area contributed by atoms with E-state index in [1.165, 1.54) is 0 Å². The lowest BCUT2D eigenvalue weighted by Crippen LogP contribution is -1.87. The zero-order chi connectivity index (χ0) is 12.8. The van der Waals surface area contributed by atoms with Crippen LogP contribution in [0.15, 0.2) is 47.6 Å². The molecule has 0 saturated carbocycles. The van der Waals surface area contributed by atoms with Crippen LogP contribution in [0, 0.1) is 0 Å². The number of ether oxygens (including phenoxy) is 2. The molecule has 90 valence electrons. The van der Waals surface area contributed by atoms with Crippen molar-refractivity contribution in [2.24, 2.45) is 4.99 Å². The number of methoxy groups -OCH3 is 1. The van der Waals surface area contributed by atoms with Gasteiger partial charge < -0.3 is 9.47 Å². The Morgan fingerprint density at radius 1 is 1.11 bits per heavy atom. The Hall–Kier alpha value is -2.23. The van der Waals surface area contributed by atoms with E-state index in [0.717, 1.165) is 5.75 Å². The fourth-order valence-electron chi connectivity index (χ4n) is 1.32. The number of thiocarbonyl (C=S) groups is 1. The highest BCUT2D eigenvalue weighted by atomic mass is 32.1. The van der Waals surface area contributed by atoms with Crippen molar-refractivity contribution in [2.75, 3.05) is 7.11 Å². The summed E-state index contributed by atoms with van der Waals surface area (Å²) < 4.78 is 10.6. The van der Waals surface area contributed by atoms with Gasteiger partial charge in [-0.05, 0) is 42.5 Å². The summed E-state index contributed by atoms with van der Waals surface area (Å²) in [5.74, 6) is 1.96. The van der Waals surface area contributed by atoms with E-state index in [2.05, 4.69) is 27.4 Å². The number of benzene rings is 1. The van der Waals surface area contributed by atoms with Gasteiger partial charge in [0.2, 0.25) is 5.88 Å². The Balaban J connectivity index is 2.10. The molecular weight excluding hydrogens is 248 g/mol. The van der Waals surface area contributed by atoms with Crippen LogP contribution in [-0.4, -0.2) is 17.3 Å². The van der Waals surface area contributed by atoms with Crippen LogP contribution >= 0.6 is 12.2 Å². The van der Waals surface area contributed by atoms with Gasteiger partial charge in [0.1, 0.15) is 11.5 Å². The van der Waals surface area contributed by atoms with Crippen LogP contribution in [-0.2, 0) is 0 Å². The minimum Gasteiger partial charge on any atom is -0.497 e. The summed E-state index contributed by atoms with van der Waals surface area (Å²) in [5, 5.41) is 2.28. The van der Waals surface area contributed by atoms with Gasteiger partial charge in [-0.15, -0.1) is 0 Å². The molecule has 1 heterocycles. The second kappa shape index (κ2) is 5.91. The average Bonchev–Trinajstić information content (AvgIpc) is 2.42. The maximum Gasteiger partial charge on any atom is 0.219 e. The van der Waals surface area contributed by atoms with Crippen molar-refractivity contribution in [3.8, 4) is 17.4 Å². The van der Waals surface area contributed by atoms with Gasteiger partial charge in [0.15, 0.2) is 0 Å². The standard InChI is InChI=1S/C13H10N2O2S/c1-16-11-3-5-12(6-4-11)17-13-7-2-10(8-14-13)15-9-18/h2-8H,1H3. The third-order valence-corrected chi connectivity index (χ3v) is 2.27. The highest BCUT2D eigenvalue weighted by Crippen LogP contribution is 2.23. The Kier molecular flexibility index (Phi) is 4.02. The fraction of sp³-hybridized carbons (Fsp3) is 0.0769. The van der Waals surface area contributed by atoms with Crippen LogP contribution < -0.4 is 9.47 Å². The molecule has 0 amide bonds. The molecule has 18 heavy (non-hydrogen) atoms. The van der Waals surface area contributed by atoms with Gasteiger partial charge in [0.25, 0.3) is 0 Å². The van der Waals surface area contributed by atoms with Crippen LogP contribution in [0.25, 0.3) is 0 Å². The monoisotopic (exact) mass is 258 g/mol. The lowest BCUT2D eigenvalue weighted by atomic mass is 10.3. The molecule has 0 fully saturated rings. The van der Waals surface area contributed by atoms with E-state index in [9.17, 15) is 0 Å². The zero-order valence-corrected chi connectivity index (χ0v) is 10.5. The van der Waals surface area contributed by atoms with Crippen molar-refractivity contribution < 1.29 is 9.47 Å².